The van der Waals surface area contributed by atoms with Crippen molar-refractivity contribution in [3.63, 3.8) is 0 Å². The highest BCUT2D eigenvalue weighted by atomic mass is 35.5. The summed E-state index contributed by atoms with van der Waals surface area (Å²) < 4.78 is 2.06. The van der Waals surface area contributed by atoms with E-state index in [1.165, 1.54) is 12.8 Å². The molecule has 0 bridgehead atoms. The molecule has 0 radical (unpaired) electrons. The van der Waals surface area contributed by atoms with Crippen molar-refractivity contribution < 1.29 is 0 Å². The fourth-order valence-corrected chi connectivity index (χ4v) is 2.82. The van der Waals surface area contributed by atoms with Crippen LogP contribution in [0.1, 0.15) is 25.0 Å². The summed E-state index contributed by atoms with van der Waals surface area (Å²) in [5.74, 6) is 0.774. The third kappa shape index (κ3) is 2.52. The maximum Gasteiger partial charge on any atom is 0.137 e. The summed E-state index contributed by atoms with van der Waals surface area (Å²) in [6.45, 7) is 1.90. The molecule has 0 aliphatic heterocycles. The molecule has 0 saturated heterocycles. The van der Waals surface area contributed by atoms with Gasteiger partial charge in [0.2, 0.25) is 0 Å². The predicted molar refractivity (Wildman–Crippen MR) is 73.9 cm³/mol. The topological polar surface area (TPSA) is 29.3 Å². The molecule has 0 atom stereocenters. The van der Waals surface area contributed by atoms with Crippen molar-refractivity contribution >= 4 is 17.2 Å². The van der Waals surface area contributed by atoms with Crippen LogP contribution in [0.15, 0.2) is 30.6 Å². The van der Waals surface area contributed by atoms with Gasteiger partial charge in [0.15, 0.2) is 0 Å². The van der Waals surface area contributed by atoms with Gasteiger partial charge in [0.25, 0.3) is 0 Å². The summed E-state index contributed by atoms with van der Waals surface area (Å²) in [7, 11) is 0. The normalized spacial score (nSPS) is 17.2. The second-order valence-electron chi connectivity index (χ2n) is 5.24. The van der Waals surface area contributed by atoms with Crippen molar-refractivity contribution in [3.8, 4) is 0 Å². The van der Waals surface area contributed by atoms with E-state index in [9.17, 15) is 0 Å². The molecule has 2 aromatic heterocycles. The second-order valence-corrected chi connectivity index (χ2v) is 5.62. The summed E-state index contributed by atoms with van der Waals surface area (Å²) in [5.41, 5.74) is 2.60. The zero-order valence-corrected chi connectivity index (χ0v) is 11.2. The van der Waals surface area contributed by atoms with Crippen molar-refractivity contribution in [1.29, 1.82) is 0 Å². The Bertz CT molecular complexity index is 498. The lowest BCUT2D eigenvalue weighted by molar-refractivity contribution is 0.444. The third-order valence-corrected chi connectivity index (χ3v) is 3.99. The van der Waals surface area contributed by atoms with Crippen LogP contribution in [0.5, 0.6) is 0 Å². The van der Waals surface area contributed by atoms with Crippen molar-refractivity contribution in [2.24, 2.45) is 5.41 Å². The molecule has 1 saturated carbocycles. The minimum Gasteiger partial charge on any atom is -0.311 e. The molecular weight excluding hydrogens is 246 g/mol. The van der Waals surface area contributed by atoms with Crippen LogP contribution >= 0.6 is 11.6 Å². The van der Waals surface area contributed by atoms with Crippen LogP contribution < -0.4 is 5.32 Å². The summed E-state index contributed by atoms with van der Waals surface area (Å²) in [5, 5.41) is 3.52. The highest BCUT2D eigenvalue weighted by molar-refractivity contribution is 6.17. The predicted octanol–water partition coefficient (Wildman–Crippen LogP) is 2.83. The zero-order chi connectivity index (χ0) is 12.4. The van der Waals surface area contributed by atoms with E-state index in [-0.39, 0.29) is 0 Å². The number of pyridine rings is 1. The Morgan fingerprint density at radius 1 is 1.39 bits per heavy atom. The number of hydrogen-bond acceptors (Lipinski definition) is 2. The summed E-state index contributed by atoms with van der Waals surface area (Å²) in [6, 6.07) is 6.06. The Balaban J connectivity index is 1.57. The molecule has 0 amide bonds. The van der Waals surface area contributed by atoms with E-state index in [1.54, 1.807) is 0 Å². The maximum atomic E-state index is 5.83. The van der Waals surface area contributed by atoms with Crippen molar-refractivity contribution in [2.45, 2.75) is 25.8 Å². The number of nitrogens with zero attached hydrogens (tertiary/aromatic N) is 2. The summed E-state index contributed by atoms with van der Waals surface area (Å²) in [6.07, 6.45) is 7.88. The molecule has 0 unspecified atom stereocenters. The first kappa shape index (κ1) is 12.0. The SMILES string of the molecule is ClCCC1(CNCc2cn3ccccc3n2)CC1. The number of rotatable bonds is 6. The summed E-state index contributed by atoms with van der Waals surface area (Å²) in [4.78, 5) is 4.57. The number of aromatic nitrogens is 2. The first-order chi connectivity index (χ1) is 8.81. The third-order valence-electron chi connectivity index (χ3n) is 3.80. The van der Waals surface area contributed by atoms with Gasteiger partial charge in [-0.25, -0.2) is 4.98 Å². The lowest BCUT2D eigenvalue weighted by Crippen LogP contribution is -2.24. The largest absolute Gasteiger partial charge is 0.311 e. The molecule has 18 heavy (non-hydrogen) atoms. The number of imidazole rings is 1. The van der Waals surface area contributed by atoms with Crippen LogP contribution in [-0.2, 0) is 6.54 Å². The van der Waals surface area contributed by atoms with Crippen LogP contribution in [0.25, 0.3) is 5.65 Å². The molecule has 0 spiro atoms. The molecule has 0 aromatic carbocycles. The monoisotopic (exact) mass is 263 g/mol. The summed E-state index contributed by atoms with van der Waals surface area (Å²) >= 11 is 5.83. The zero-order valence-electron chi connectivity index (χ0n) is 10.4. The van der Waals surface area contributed by atoms with Crippen LogP contribution in [0, 0.1) is 5.41 Å². The molecule has 1 aliphatic rings. The van der Waals surface area contributed by atoms with Crippen molar-refractivity contribution in [3.05, 3.63) is 36.3 Å². The van der Waals surface area contributed by atoms with Gasteiger partial charge < -0.3 is 9.72 Å². The van der Waals surface area contributed by atoms with Crippen LogP contribution in [0.3, 0.4) is 0 Å². The lowest BCUT2D eigenvalue weighted by atomic mass is 10.0. The van der Waals surface area contributed by atoms with Gasteiger partial charge >= 0.3 is 0 Å². The van der Waals surface area contributed by atoms with Crippen LogP contribution in [0.2, 0.25) is 0 Å². The fraction of sp³-hybridized carbons (Fsp3) is 0.500. The number of nitrogens with one attached hydrogen (secondary N) is 1. The quantitative estimate of drug-likeness (QED) is 0.812. The number of hydrogen-bond donors (Lipinski definition) is 1. The van der Waals surface area contributed by atoms with E-state index in [2.05, 4.69) is 20.9 Å². The molecule has 4 heteroatoms. The smallest absolute Gasteiger partial charge is 0.137 e. The Morgan fingerprint density at radius 3 is 3.00 bits per heavy atom. The van der Waals surface area contributed by atoms with Crippen molar-refractivity contribution in [1.82, 2.24) is 14.7 Å². The minimum atomic E-state index is 0.487. The van der Waals surface area contributed by atoms with E-state index >= 15 is 0 Å². The standard InChI is InChI=1S/C14H18ClN3/c15-7-6-14(4-5-14)11-16-9-12-10-18-8-2-1-3-13(18)17-12/h1-3,8,10,16H,4-7,9,11H2. The van der Waals surface area contributed by atoms with E-state index < -0.39 is 0 Å². The minimum absolute atomic E-state index is 0.487. The molecule has 1 aliphatic carbocycles. The van der Waals surface area contributed by atoms with Gasteiger partial charge in [0, 0.05) is 31.4 Å². The highest BCUT2D eigenvalue weighted by Gasteiger charge is 2.41. The molecule has 1 fully saturated rings. The van der Waals surface area contributed by atoms with Crippen molar-refractivity contribution in [2.75, 3.05) is 12.4 Å². The number of fused-ring (bicyclic) bond motifs is 1. The Morgan fingerprint density at radius 2 is 2.28 bits per heavy atom. The molecule has 2 aromatic rings. The number of alkyl halides is 1. The van der Waals surface area contributed by atoms with Gasteiger partial charge in [0.1, 0.15) is 5.65 Å². The van der Waals surface area contributed by atoms with Crippen LogP contribution in [-0.4, -0.2) is 21.8 Å². The molecule has 3 rings (SSSR count). The average molecular weight is 264 g/mol. The van der Waals surface area contributed by atoms with E-state index in [4.69, 9.17) is 11.6 Å². The fourth-order valence-electron chi connectivity index (χ4n) is 2.42. The second kappa shape index (κ2) is 4.90. The number of halogens is 1. The van der Waals surface area contributed by atoms with Gasteiger partial charge in [-0.05, 0) is 36.8 Å². The van der Waals surface area contributed by atoms with Gasteiger partial charge in [-0.15, -0.1) is 11.6 Å². The van der Waals surface area contributed by atoms with Gasteiger partial charge in [-0.3, -0.25) is 0 Å². The Labute approximate surface area is 112 Å². The van der Waals surface area contributed by atoms with Gasteiger partial charge in [0.05, 0.1) is 5.69 Å². The average Bonchev–Trinajstić information content (AvgIpc) is 3.01. The van der Waals surface area contributed by atoms with Gasteiger partial charge in [-0.1, -0.05) is 6.07 Å². The van der Waals surface area contributed by atoms with E-state index in [1.807, 2.05) is 24.4 Å². The van der Waals surface area contributed by atoms with E-state index in [0.29, 0.717) is 5.41 Å². The van der Waals surface area contributed by atoms with Gasteiger partial charge in [-0.2, -0.15) is 0 Å². The van der Waals surface area contributed by atoms with Crippen LogP contribution in [0.4, 0.5) is 0 Å². The molecule has 2 heterocycles. The molecular formula is C14H18ClN3. The first-order valence-corrected chi connectivity index (χ1v) is 7.04. The Hall–Kier alpha value is -1.06. The maximum absolute atomic E-state index is 5.83. The highest BCUT2D eigenvalue weighted by Crippen LogP contribution is 2.48. The molecule has 96 valence electrons. The molecule has 1 N–H and O–H groups in total. The first-order valence-electron chi connectivity index (χ1n) is 6.51. The van der Waals surface area contributed by atoms with E-state index in [0.717, 1.165) is 36.7 Å². The Kier molecular flexibility index (Phi) is 3.27. The lowest BCUT2D eigenvalue weighted by Gasteiger charge is -2.13. The molecule has 3 nitrogen and oxygen atoms in total.